The normalized spacial score (nSPS) is 10.6. The van der Waals surface area contributed by atoms with Gasteiger partial charge in [0.05, 0.1) is 0 Å². The van der Waals surface area contributed by atoms with E-state index in [1.807, 2.05) is 31.3 Å². The van der Waals surface area contributed by atoms with Crippen molar-refractivity contribution < 1.29 is 4.79 Å². The van der Waals surface area contributed by atoms with Crippen LogP contribution in [0.5, 0.6) is 0 Å². The molecule has 0 bridgehead atoms. The quantitative estimate of drug-likeness (QED) is 0.636. The number of ketones is 1. The lowest BCUT2D eigenvalue weighted by atomic mass is 10.0. The SMILES string of the molecule is Cc1ccc(-c2ccc(CCCC(=O)Cc3cccnc3)cc2)cn1. The molecular formula is C22H22N2O. The van der Waals surface area contributed by atoms with E-state index >= 15 is 0 Å². The summed E-state index contributed by atoms with van der Waals surface area (Å²) in [6.45, 7) is 1.99. The maximum atomic E-state index is 12.0. The summed E-state index contributed by atoms with van der Waals surface area (Å²) in [5, 5.41) is 0. The number of aromatic nitrogens is 2. The summed E-state index contributed by atoms with van der Waals surface area (Å²) in [7, 11) is 0. The van der Waals surface area contributed by atoms with Crippen LogP contribution in [0.2, 0.25) is 0 Å². The second-order valence-electron chi connectivity index (χ2n) is 6.32. The zero-order valence-corrected chi connectivity index (χ0v) is 14.5. The van der Waals surface area contributed by atoms with Gasteiger partial charge in [-0.15, -0.1) is 0 Å². The fraction of sp³-hybridized carbons (Fsp3) is 0.227. The minimum Gasteiger partial charge on any atom is -0.299 e. The highest BCUT2D eigenvalue weighted by atomic mass is 16.1. The molecule has 25 heavy (non-hydrogen) atoms. The van der Waals surface area contributed by atoms with Crippen molar-refractivity contribution in [1.29, 1.82) is 0 Å². The maximum Gasteiger partial charge on any atom is 0.137 e. The average Bonchev–Trinajstić information content (AvgIpc) is 2.64. The van der Waals surface area contributed by atoms with Gasteiger partial charge in [0, 0.05) is 42.7 Å². The molecule has 0 unspecified atom stereocenters. The van der Waals surface area contributed by atoms with Gasteiger partial charge >= 0.3 is 0 Å². The molecule has 0 aliphatic carbocycles. The third kappa shape index (κ3) is 5.08. The molecule has 2 heterocycles. The Bertz CT molecular complexity index is 809. The number of carbonyl (C=O) groups is 1. The van der Waals surface area contributed by atoms with Gasteiger partial charge < -0.3 is 0 Å². The van der Waals surface area contributed by atoms with Crippen molar-refractivity contribution in [3.05, 3.63) is 83.9 Å². The zero-order valence-electron chi connectivity index (χ0n) is 14.5. The van der Waals surface area contributed by atoms with Gasteiger partial charge in [0.15, 0.2) is 0 Å². The van der Waals surface area contributed by atoms with Gasteiger partial charge in [0.2, 0.25) is 0 Å². The van der Waals surface area contributed by atoms with Gasteiger partial charge in [-0.1, -0.05) is 36.4 Å². The van der Waals surface area contributed by atoms with Crippen LogP contribution in [-0.2, 0) is 17.6 Å². The van der Waals surface area contributed by atoms with Crippen LogP contribution in [0.15, 0.2) is 67.1 Å². The number of Topliss-reactive ketones (excluding diaryl/α,β-unsaturated/α-hetero) is 1. The van der Waals surface area contributed by atoms with E-state index in [0.717, 1.165) is 29.7 Å². The van der Waals surface area contributed by atoms with E-state index in [4.69, 9.17) is 0 Å². The standard InChI is InChI=1S/C22H22N2O/c1-17-7-10-21(16-24-17)20-11-8-18(9-12-20)4-2-6-22(25)14-19-5-3-13-23-15-19/h3,5,7-13,15-16H,2,4,6,14H2,1H3. The van der Waals surface area contributed by atoms with E-state index in [2.05, 4.69) is 40.3 Å². The fourth-order valence-corrected chi connectivity index (χ4v) is 2.81. The number of nitrogens with zero attached hydrogens (tertiary/aromatic N) is 2. The molecule has 1 aromatic carbocycles. The smallest absolute Gasteiger partial charge is 0.137 e. The number of rotatable bonds is 7. The lowest BCUT2D eigenvalue weighted by Crippen LogP contribution is -2.03. The summed E-state index contributed by atoms with van der Waals surface area (Å²) in [5.41, 5.74) is 5.57. The van der Waals surface area contributed by atoms with Gasteiger partial charge in [-0.2, -0.15) is 0 Å². The van der Waals surface area contributed by atoms with Gasteiger partial charge in [0.25, 0.3) is 0 Å². The number of pyridine rings is 2. The monoisotopic (exact) mass is 330 g/mol. The highest BCUT2D eigenvalue weighted by Crippen LogP contribution is 2.19. The van der Waals surface area contributed by atoms with Crippen molar-refractivity contribution >= 4 is 5.78 Å². The van der Waals surface area contributed by atoms with Gasteiger partial charge in [0.1, 0.15) is 5.78 Å². The zero-order chi connectivity index (χ0) is 17.5. The van der Waals surface area contributed by atoms with Crippen LogP contribution in [-0.4, -0.2) is 15.8 Å². The lowest BCUT2D eigenvalue weighted by molar-refractivity contribution is -0.118. The Morgan fingerprint density at radius 2 is 1.72 bits per heavy atom. The number of carbonyl (C=O) groups excluding carboxylic acids is 1. The molecule has 0 fully saturated rings. The predicted octanol–water partition coefficient (Wildman–Crippen LogP) is 4.59. The lowest BCUT2D eigenvalue weighted by Gasteiger charge is -2.05. The third-order valence-corrected chi connectivity index (χ3v) is 4.24. The average molecular weight is 330 g/mol. The first kappa shape index (κ1) is 17.0. The van der Waals surface area contributed by atoms with Crippen LogP contribution in [0.3, 0.4) is 0 Å². The Morgan fingerprint density at radius 3 is 2.40 bits per heavy atom. The van der Waals surface area contributed by atoms with Crippen molar-refractivity contribution in [3.63, 3.8) is 0 Å². The first-order valence-electron chi connectivity index (χ1n) is 8.63. The molecular weight excluding hydrogens is 308 g/mol. The molecule has 3 aromatic rings. The molecule has 0 aliphatic heterocycles. The molecule has 0 atom stereocenters. The predicted molar refractivity (Wildman–Crippen MR) is 100 cm³/mol. The Labute approximate surface area is 148 Å². The van der Waals surface area contributed by atoms with Crippen molar-refractivity contribution in [2.24, 2.45) is 0 Å². The molecule has 0 saturated carbocycles. The molecule has 3 heteroatoms. The second-order valence-corrected chi connectivity index (χ2v) is 6.32. The molecule has 0 radical (unpaired) electrons. The Hall–Kier alpha value is -2.81. The van der Waals surface area contributed by atoms with Crippen LogP contribution >= 0.6 is 0 Å². The van der Waals surface area contributed by atoms with E-state index in [0.29, 0.717) is 12.8 Å². The Balaban J connectivity index is 1.48. The van der Waals surface area contributed by atoms with Gasteiger partial charge in [-0.25, -0.2) is 0 Å². The number of hydrogen-bond acceptors (Lipinski definition) is 3. The molecule has 0 spiro atoms. The van der Waals surface area contributed by atoms with Gasteiger partial charge in [-0.3, -0.25) is 14.8 Å². The maximum absolute atomic E-state index is 12.0. The summed E-state index contributed by atoms with van der Waals surface area (Å²) >= 11 is 0. The van der Waals surface area contributed by atoms with E-state index in [1.165, 1.54) is 11.1 Å². The topological polar surface area (TPSA) is 42.9 Å². The van der Waals surface area contributed by atoms with Crippen molar-refractivity contribution in [1.82, 2.24) is 9.97 Å². The van der Waals surface area contributed by atoms with Crippen LogP contribution in [0.1, 0.15) is 29.7 Å². The molecule has 3 rings (SSSR count). The van der Waals surface area contributed by atoms with Crippen LogP contribution in [0.25, 0.3) is 11.1 Å². The van der Waals surface area contributed by atoms with E-state index in [-0.39, 0.29) is 5.78 Å². The third-order valence-electron chi connectivity index (χ3n) is 4.24. The van der Waals surface area contributed by atoms with E-state index in [9.17, 15) is 4.79 Å². The highest BCUT2D eigenvalue weighted by Gasteiger charge is 2.05. The first-order valence-corrected chi connectivity index (χ1v) is 8.63. The van der Waals surface area contributed by atoms with Crippen molar-refractivity contribution in [2.75, 3.05) is 0 Å². The summed E-state index contributed by atoms with van der Waals surface area (Å²) in [4.78, 5) is 20.4. The summed E-state index contributed by atoms with van der Waals surface area (Å²) in [6.07, 6.45) is 8.28. The highest BCUT2D eigenvalue weighted by molar-refractivity contribution is 5.80. The van der Waals surface area contributed by atoms with Crippen LogP contribution < -0.4 is 0 Å². The molecule has 3 nitrogen and oxygen atoms in total. The summed E-state index contributed by atoms with van der Waals surface area (Å²) in [6, 6.07) is 16.5. The van der Waals surface area contributed by atoms with Gasteiger partial charge in [-0.05, 0) is 48.6 Å². The molecule has 126 valence electrons. The molecule has 0 saturated heterocycles. The van der Waals surface area contributed by atoms with Crippen LogP contribution in [0.4, 0.5) is 0 Å². The molecule has 2 aromatic heterocycles. The van der Waals surface area contributed by atoms with Crippen molar-refractivity contribution in [3.8, 4) is 11.1 Å². The molecule has 0 aliphatic rings. The first-order chi connectivity index (χ1) is 12.2. The van der Waals surface area contributed by atoms with Crippen LogP contribution in [0, 0.1) is 6.92 Å². The second kappa shape index (κ2) is 8.34. The number of benzene rings is 1. The summed E-state index contributed by atoms with van der Waals surface area (Å²) in [5.74, 6) is 0.273. The van der Waals surface area contributed by atoms with E-state index in [1.54, 1.807) is 12.4 Å². The minimum atomic E-state index is 0.273. The molecule has 0 N–H and O–H groups in total. The van der Waals surface area contributed by atoms with Crippen molar-refractivity contribution in [2.45, 2.75) is 32.6 Å². The minimum absolute atomic E-state index is 0.273. The molecule has 0 amide bonds. The number of hydrogen-bond donors (Lipinski definition) is 0. The van der Waals surface area contributed by atoms with E-state index < -0.39 is 0 Å². The fourth-order valence-electron chi connectivity index (χ4n) is 2.81. The summed E-state index contributed by atoms with van der Waals surface area (Å²) < 4.78 is 0. The largest absolute Gasteiger partial charge is 0.299 e. The Morgan fingerprint density at radius 1 is 0.920 bits per heavy atom. The Kier molecular flexibility index (Phi) is 5.68. The number of aryl methyl sites for hydroxylation is 2.